The van der Waals surface area contributed by atoms with Crippen LogP contribution in [0.1, 0.15) is 12.0 Å². The van der Waals surface area contributed by atoms with Crippen molar-refractivity contribution in [2.45, 2.75) is 12.5 Å². The number of nitrogens with one attached hydrogen (secondary N) is 2. The van der Waals surface area contributed by atoms with Crippen LogP contribution in [0, 0.1) is 5.41 Å². The lowest BCUT2D eigenvalue weighted by molar-refractivity contribution is 0.195. The number of anilines is 2. The third kappa shape index (κ3) is 2.97. The predicted molar refractivity (Wildman–Crippen MR) is 83.2 cm³/mol. The summed E-state index contributed by atoms with van der Waals surface area (Å²) in [7, 11) is 0. The van der Waals surface area contributed by atoms with Gasteiger partial charge in [-0.05, 0) is 18.0 Å². The van der Waals surface area contributed by atoms with Crippen LogP contribution in [0.3, 0.4) is 0 Å². The molecule has 1 atom stereocenters. The number of hydrogen-bond donors (Lipinski definition) is 3. The summed E-state index contributed by atoms with van der Waals surface area (Å²) in [5.41, 5.74) is 7.11. The number of nitrogen functional groups attached to an aromatic ring is 1. The molecule has 1 saturated heterocycles. The molecule has 0 amide bonds. The minimum Gasteiger partial charge on any atom is -0.379 e. The van der Waals surface area contributed by atoms with Crippen molar-refractivity contribution in [1.29, 1.82) is 5.41 Å². The number of aromatic nitrogens is 4. The second kappa shape index (κ2) is 6.20. The van der Waals surface area contributed by atoms with Crippen molar-refractivity contribution in [2.75, 3.05) is 24.3 Å². The standard InChI is InChI=1S/C13H14ClN7O/c14-12-20-10(7-4-17-13(16)18-5-7)9(3-15)11(21-12)19-8-1-2-22-6-8/h3-5,8,15H,1-2,6H2,(H2,16,17,18)(H,19,20,21). The maximum atomic E-state index is 7.68. The number of hydrogen-bond acceptors (Lipinski definition) is 8. The molecule has 1 unspecified atom stereocenters. The molecule has 4 N–H and O–H groups in total. The summed E-state index contributed by atoms with van der Waals surface area (Å²) in [6.45, 7) is 1.30. The highest BCUT2D eigenvalue weighted by atomic mass is 35.5. The van der Waals surface area contributed by atoms with Gasteiger partial charge in [-0.3, -0.25) is 0 Å². The van der Waals surface area contributed by atoms with E-state index in [0.29, 0.717) is 35.9 Å². The van der Waals surface area contributed by atoms with Gasteiger partial charge in [0.15, 0.2) is 0 Å². The van der Waals surface area contributed by atoms with Gasteiger partial charge in [0.05, 0.1) is 23.9 Å². The monoisotopic (exact) mass is 319 g/mol. The van der Waals surface area contributed by atoms with Gasteiger partial charge in [-0.1, -0.05) is 0 Å². The van der Waals surface area contributed by atoms with Gasteiger partial charge < -0.3 is 21.2 Å². The highest BCUT2D eigenvalue weighted by Gasteiger charge is 2.20. The van der Waals surface area contributed by atoms with Gasteiger partial charge in [-0.25, -0.2) is 19.9 Å². The van der Waals surface area contributed by atoms with Crippen molar-refractivity contribution in [3.05, 3.63) is 23.2 Å². The lowest BCUT2D eigenvalue weighted by Gasteiger charge is -2.15. The van der Waals surface area contributed by atoms with Crippen LogP contribution in [0.25, 0.3) is 11.3 Å². The van der Waals surface area contributed by atoms with E-state index in [4.69, 9.17) is 27.5 Å². The molecule has 0 aliphatic carbocycles. The van der Waals surface area contributed by atoms with Crippen LogP contribution in [0.4, 0.5) is 11.8 Å². The molecule has 0 radical (unpaired) electrons. The average molecular weight is 320 g/mol. The second-order valence-electron chi connectivity index (χ2n) is 4.78. The first kappa shape index (κ1) is 14.6. The van der Waals surface area contributed by atoms with Gasteiger partial charge >= 0.3 is 0 Å². The Morgan fingerprint density at radius 1 is 1.36 bits per heavy atom. The van der Waals surface area contributed by atoms with Crippen LogP contribution in [-0.2, 0) is 4.74 Å². The maximum absolute atomic E-state index is 7.68. The van der Waals surface area contributed by atoms with Gasteiger partial charge in [0.1, 0.15) is 5.82 Å². The quantitative estimate of drug-likeness (QED) is 0.574. The second-order valence-corrected chi connectivity index (χ2v) is 5.12. The number of halogens is 1. The number of rotatable bonds is 4. The molecule has 1 aliphatic heterocycles. The largest absolute Gasteiger partial charge is 0.379 e. The number of nitrogens with zero attached hydrogens (tertiary/aromatic N) is 4. The van der Waals surface area contributed by atoms with Crippen LogP contribution < -0.4 is 11.1 Å². The summed E-state index contributed by atoms with van der Waals surface area (Å²) in [5, 5.41) is 11.0. The SMILES string of the molecule is N=Cc1c(NC2CCOC2)nc(Cl)nc1-c1cnc(N)nc1. The zero-order chi connectivity index (χ0) is 15.5. The van der Waals surface area contributed by atoms with Gasteiger partial charge in [-0.15, -0.1) is 0 Å². The van der Waals surface area contributed by atoms with E-state index in [1.807, 2.05) is 0 Å². The lowest BCUT2D eigenvalue weighted by Crippen LogP contribution is -2.21. The fourth-order valence-electron chi connectivity index (χ4n) is 2.21. The van der Waals surface area contributed by atoms with Gasteiger partial charge in [-0.2, -0.15) is 0 Å². The van der Waals surface area contributed by atoms with E-state index in [1.54, 1.807) is 0 Å². The highest BCUT2D eigenvalue weighted by Crippen LogP contribution is 2.27. The first-order valence-corrected chi connectivity index (χ1v) is 7.05. The van der Waals surface area contributed by atoms with Crippen molar-refractivity contribution in [3.8, 4) is 11.3 Å². The fraction of sp³-hybridized carbons (Fsp3) is 0.308. The third-order valence-corrected chi connectivity index (χ3v) is 3.45. The minimum atomic E-state index is 0.0823. The van der Waals surface area contributed by atoms with Crippen molar-refractivity contribution in [3.63, 3.8) is 0 Å². The average Bonchev–Trinajstić information content (AvgIpc) is 3.00. The zero-order valence-corrected chi connectivity index (χ0v) is 12.3. The van der Waals surface area contributed by atoms with Crippen molar-refractivity contribution < 1.29 is 4.74 Å². The van der Waals surface area contributed by atoms with Crippen LogP contribution in [0.5, 0.6) is 0 Å². The first-order chi connectivity index (χ1) is 10.7. The summed E-state index contributed by atoms with van der Waals surface area (Å²) in [6, 6.07) is 0.139. The topological polar surface area (TPSA) is 123 Å². The van der Waals surface area contributed by atoms with Gasteiger partial charge in [0, 0.05) is 30.8 Å². The summed E-state index contributed by atoms with van der Waals surface area (Å²) >= 11 is 6.01. The van der Waals surface area contributed by atoms with Gasteiger partial charge in [0.25, 0.3) is 0 Å². The predicted octanol–water partition coefficient (Wildman–Crippen LogP) is 1.37. The molecule has 114 valence electrons. The molecule has 22 heavy (non-hydrogen) atoms. The van der Waals surface area contributed by atoms with E-state index in [-0.39, 0.29) is 17.3 Å². The van der Waals surface area contributed by atoms with Gasteiger partial charge in [0.2, 0.25) is 11.2 Å². The van der Waals surface area contributed by atoms with E-state index in [2.05, 4.69) is 25.3 Å². The molecule has 0 bridgehead atoms. The van der Waals surface area contributed by atoms with Crippen LogP contribution in [0.2, 0.25) is 5.28 Å². The molecule has 8 nitrogen and oxygen atoms in total. The van der Waals surface area contributed by atoms with E-state index in [1.165, 1.54) is 18.6 Å². The van der Waals surface area contributed by atoms with Crippen LogP contribution in [0.15, 0.2) is 12.4 Å². The van der Waals surface area contributed by atoms with Crippen molar-refractivity contribution >= 4 is 29.6 Å². The molecule has 3 rings (SSSR count). The first-order valence-electron chi connectivity index (χ1n) is 6.67. The zero-order valence-electron chi connectivity index (χ0n) is 11.6. The molecule has 0 aromatic carbocycles. The molecule has 1 fully saturated rings. The molecular weight excluding hydrogens is 306 g/mol. The third-order valence-electron chi connectivity index (χ3n) is 3.28. The molecule has 0 saturated carbocycles. The number of nitrogens with two attached hydrogens (primary N) is 1. The molecular formula is C13H14ClN7O. The molecule has 2 aromatic rings. The smallest absolute Gasteiger partial charge is 0.224 e. The summed E-state index contributed by atoms with van der Waals surface area (Å²) in [6.07, 6.45) is 5.13. The minimum absolute atomic E-state index is 0.0823. The van der Waals surface area contributed by atoms with Crippen molar-refractivity contribution in [1.82, 2.24) is 19.9 Å². The molecule has 2 aromatic heterocycles. The Morgan fingerprint density at radius 2 is 2.14 bits per heavy atom. The summed E-state index contributed by atoms with van der Waals surface area (Å²) < 4.78 is 5.33. The molecule has 1 aliphatic rings. The fourth-order valence-corrected chi connectivity index (χ4v) is 2.38. The Bertz CT molecular complexity index is 686. The van der Waals surface area contributed by atoms with E-state index in [9.17, 15) is 0 Å². The Labute approximate surface area is 131 Å². The van der Waals surface area contributed by atoms with E-state index < -0.39 is 0 Å². The van der Waals surface area contributed by atoms with E-state index >= 15 is 0 Å². The van der Waals surface area contributed by atoms with Crippen LogP contribution >= 0.6 is 11.6 Å². The highest BCUT2D eigenvalue weighted by molar-refractivity contribution is 6.28. The Kier molecular flexibility index (Phi) is 4.12. The van der Waals surface area contributed by atoms with E-state index in [0.717, 1.165) is 6.42 Å². The van der Waals surface area contributed by atoms with Crippen LogP contribution in [-0.4, -0.2) is 45.4 Å². The Balaban J connectivity index is 2.03. The van der Waals surface area contributed by atoms with Crippen molar-refractivity contribution in [2.24, 2.45) is 0 Å². The Morgan fingerprint density at radius 3 is 2.77 bits per heavy atom. The molecule has 3 heterocycles. The summed E-state index contributed by atoms with van der Waals surface area (Å²) in [4.78, 5) is 16.3. The summed E-state index contributed by atoms with van der Waals surface area (Å²) in [5.74, 6) is 0.666. The number of ether oxygens (including phenoxy) is 1. The normalized spacial score (nSPS) is 17.4. The maximum Gasteiger partial charge on any atom is 0.224 e. The molecule has 9 heteroatoms. The Hall–Kier alpha value is -2.32. The molecule has 0 spiro atoms. The lowest BCUT2D eigenvalue weighted by atomic mass is 10.1.